The van der Waals surface area contributed by atoms with Gasteiger partial charge >= 0.3 is 0 Å². The molecule has 2 N–H and O–H groups in total. The summed E-state index contributed by atoms with van der Waals surface area (Å²) in [5, 5.41) is 7.59. The lowest BCUT2D eigenvalue weighted by atomic mass is 9.93. The second kappa shape index (κ2) is 7.43. The quantitative estimate of drug-likeness (QED) is 0.873. The highest BCUT2D eigenvalue weighted by Gasteiger charge is 2.26. The van der Waals surface area contributed by atoms with Crippen LogP contribution in [-0.2, 0) is 24.1 Å². The minimum absolute atomic E-state index is 0.137. The van der Waals surface area contributed by atoms with E-state index in [9.17, 15) is 9.59 Å². The zero-order chi connectivity index (χ0) is 17.9. The number of nitrogens with zero attached hydrogens (tertiary/aromatic N) is 3. The molecule has 2 aromatic rings. The Morgan fingerprint density at radius 2 is 2.15 bits per heavy atom. The molecule has 26 heavy (non-hydrogen) atoms. The normalized spacial score (nSPS) is 20.0. The first-order chi connectivity index (χ1) is 12.7. The molecule has 0 spiro atoms. The Balaban J connectivity index is 1.37. The largest absolute Gasteiger partial charge is 0.342 e. The Morgan fingerprint density at radius 3 is 3.04 bits per heavy atom. The van der Waals surface area contributed by atoms with E-state index in [-0.39, 0.29) is 17.4 Å². The van der Waals surface area contributed by atoms with Crippen LogP contribution in [0.2, 0.25) is 0 Å². The number of aromatic amines is 2. The van der Waals surface area contributed by atoms with Gasteiger partial charge in [0.15, 0.2) is 0 Å². The van der Waals surface area contributed by atoms with Gasteiger partial charge in [0.25, 0.3) is 5.56 Å². The Labute approximate surface area is 152 Å². The van der Waals surface area contributed by atoms with Crippen LogP contribution >= 0.6 is 0 Å². The number of amides is 1. The third kappa shape index (κ3) is 3.57. The lowest BCUT2D eigenvalue weighted by Crippen LogP contribution is -2.39. The maximum Gasteiger partial charge on any atom is 0.250 e. The fourth-order valence-corrected chi connectivity index (χ4v) is 4.19. The molecule has 4 rings (SSSR count). The molecule has 7 heteroatoms. The van der Waals surface area contributed by atoms with Crippen molar-refractivity contribution < 1.29 is 4.79 Å². The van der Waals surface area contributed by atoms with E-state index >= 15 is 0 Å². The monoisotopic (exact) mass is 355 g/mol. The van der Waals surface area contributed by atoms with Crippen LogP contribution in [0.5, 0.6) is 0 Å². The van der Waals surface area contributed by atoms with E-state index in [0.29, 0.717) is 19.4 Å². The zero-order valence-electron chi connectivity index (χ0n) is 15.0. The number of carbonyl (C=O) groups is 1. The molecule has 1 unspecified atom stereocenters. The summed E-state index contributed by atoms with van der Waals surface area (Å²) in [5.74, 6) is 0.320. The number of likely N-dealkylation sites (tertiary alicyclic amines) is 1. The van der Waals surface area contributed by atoms with Gasteiger partial charge in [-0.05, 0) is 44.1 Å². The predicted octanol–water partition coefficient (Wildman–Crippen LogP) is 1.71. The number of fused-ring (bicyclic) bond motifs is 1. The van der Waals surface area contributed by atoms with Gasteiger partial charge in [-0.15, -0.1) is 0 Å². The molecule has 7 nitrogen and oxygen atoms in total. The van der Waals surface area contributed by atoms with Gasteiger partial charge in [0.05, 0.1) is 17.7 Å². The van der Waals surface area contributed by atoms with Crippen molar-refractivity contribution in [1.82, 2.24) is 25.1 Å². The summed E-state index contributed by atoms with van der Waals surface area (Å²) in [4.78, 5) is 33.0. The molecule has 2 aliphatic rings. The fraction of sp³-hybridized carbons (Fsp3) is 0.579. The van der Waals surface area contributed by atoms with Crippen molar-refractivity contribution in [3.8, 4) is 0 Å². The third-order valence-corrected chi connectivity index (χ3v) is 5.61. The number of piperidine rings is 1. The van der Waals surface area contributed by atoms with Crippen molar-refractivity contribution in [2.75, 3.05) is 13.1 Å². The molecule has 138 valence electrons. The van der Waals surface area contributed by atoms with Crippen molar-refractivity contribution in [1.29, 1.82) is 0 Å². The van der Waals surface area contributed by atoms with Gasteiger partial charge in [-0.25, -0.2) is 4.98 Å². The zero-order valence-corrected chi connectivity index (χ0v) is 15.0. The molecular weight excluding hydrogens is 330 g/mol. The third-order valence-electron chi connectivity index (χ3n) is 5.61. The molecule has 1 aliphatic heterocycles. The molecule has 0 aromatic carbocycles. The highest BCUT2D eigenvalue weighted by Crippen LogP contribution is 2.26. The fourth-order valence-electron chi connectivity index (χ4n) is 4.19. The summed E-state index contributed by atoms with van der Waals surface area (Å²) in [7, 11) is 0. The summed E-state index contributed by atoms with van der Waals surface area (Å²) in [6.45, 7) is 1.44. The Kier molecular flexibility index (Phi) is 4.86. The Morgan fingerprint density at radius 1 is 1.27 bits per heavy atom. The van der Waals surface area contributed by atoms with Crippen molar-refractivity contribution >= 4 is 5.91 Å². The van der Waals surface area contributed by atoms with Gasteiger partial charge in [-0.3, -0.25) is 14.7 Å². The number of aryl methyl sites for hydroxylation is 2. The van der Waals surface area contributed by atoms with Gasteiger partial charge in [0, 0.05) is 43.6 Å². The number of hydrogen-bond donors (Lipinski definition) is 2. The maximum atomic E-state index is 12.7. The average Bonchev–Trinajstić information content (AvgIpc) is 3.09. The van der Waals surface area contributed by atoms with E-state index in [0.717, 1.165) is 43.6 Å². The van der Waals surface area contributed by atoms with Crippen LogP contribution in [0.3, 0.4) is 0 Å². The van der Waals surface area contributed by atoms with E-state index in [1.54, 1.807) is 6.07 Å². The van der Waals surface area contributed by atoms with Crippen LogP contribution in [-0.4, -0.2) is 44.1 Å². The number of nitrogens with one attached hydrogen (secondary N) is 2. The number of aromatic nitrogens is 4. The molecule has 0 saturated carbocycles. The van der Waals surface area contributed by atoms with Crippen LogP contribution in [0.4, 0.5) is 0 Å². The van der Waals surface area contributed by atoms with Crippen molar-refractivity contribution in [3.05, 3.63) is 45.4 Å². The highest BCUT2D eigenvalue weighted by atomic mass is 16.2. The van der Waals surface area contributed by atoms with Gasteiger partial charge < -0.3 is 9.88 Å². The van der Waals surface area contributed by atoms with E-state index in [4.69, 9.17) is 0 Å². The van der Waals surface area contributed by atoms with Crippen molar-refractivity contribution in [2.45, 2.75) is 57.3 Å². The molecule has 1 aliphatic carbocycles. The summed E-state index contributed by atoms with van der Waals surface area (Å²) < 4.78 is 0. The number of hydrogen-bond acceptors (Lipinski definition) is 4. The first-order valence-corrected chi connectivity index (χ1v) is 9.58. The van der Waals surface area contributed by atoms with E-state index < -0.39 is 0 Å². The number of rotatable bonds is 4. The van der Waals surface area contributed by atoms with Crippen LogP contribution in [0.1, 0.15) is 60.7 Å². The summed E-state index contributed by atoms with van der Waals surface area (Å²) in [6.07, 6.45) is 9.14. The summed E-state index contributed by atoms with van der Waals surface area (Å²) >= 11 is 0. The second-order valence-electron chi connectivity index (χ2n) is 7.35. The molecule has 1 amide bonds. The van der Waals surface area contributed by atoms with Crippen LogP contribution < -0.4 is 5.56 Å². The second-order valence-corrected chi connectivity index (χ2v) is 7.35. The minimum Gasteiger partial charge on any atom is -0.342 e. The van der Waals surface area contributed by atoms with E-state index in [2.05, 4.69) is 20.2 Å². The Bertz CT molecular complexity index is 840. The smallest absolute Gasteiger partial charge is 0.250 e. The summed E-state index contributed by atoms with van der Waals surface area (Å²) in [5.41, 5.74) is 4.32. The molecule has 0 radical (unpaired) electrons. The van der Waals surface area contributed by atoms with Gasteiger partial charge in [0.2, 0.25) is 5.91 Å². The summed E-state index contributed by atoms with van der Waals surface area (Å²) in [6, 6.07) is 1.55. The molecule has 3 heterocycles. The van der Waals surface area contributed by atoms with Crippen molar-refractivity contribution in [2.24, 2.45) is 0 Å². The van der Waals surface area contributed by atoms with Gasteiger partial charge in [-0.1, -0.05) is 0 Å². The van der Waals surface area contributed by atoms with Gasteiger partial charge in [0.1, 0.15) is 0 Å². The SMILES string of the molecule is O=C(CCc1n[nH]c2c1CCCC2)N1CCCC(c2cc(=O)[nH]cn2)C1. The number of H-pyrrole nitrogens is 2. The molecule has 0 bridgehead atoms. The predicted molar refractivity (Wildman–Crippen MR) is 97.0 cm³/mol. The molecular formula is C19H25N5O2. The van der Waals surface area contributed by atoms with Crippen LogP contribution in [0.15, 0.2) is 17.2 Å². The topological polar surface area (TPSA) is 94.7 Å². The molecule has 2 aromatic heterocycles. The van der Waals surface area contributed by atoms with E-state index in [1.807, 2.05) is 4.90 Å². The minimum atomic E-state index is -0.137. The van der Waals surface area contributed by atoms with Crippen LogP contribution in [0, 0.1) is 0 Å². The van der Waals surface area contributed by atoms with Crippen LogP contribution in [0.25, 0.3) is 0 Å². The highest BCUT2D eigenvalue weighted by molar-refractivity contribution is 5.76. The lowest BCUT2D eigenvalue weighted by molar-refractivity contribution is -0.132. The maximum absolute atomic E-state index is 12.7. The molecule has 1 saturated heterocycles. The van der Waals surface area contributed by atoms with Gasteiger partial charge in [-0.2, -0.15) is 5.10 Å². The van der Waals surface area contributed by atoms with E-state index in [1.165, 1.54) is 30.4 Å². The lowest BCUT2D eigenvalue weighted by Gasteiger charge is -2.32. The Hall–Kier alpha value is -2.44. The molecule has 1 atom stereocenters. The first-order valence-electron chi connectivity index (χ1n) is 9.58. The van der Waals surface area contributed by atoms with Crippen molar-refractivity contribution in [3.63, 3.8) is 0 Å². The average molecular weight is 355 g/mol. The standard InChI is InChI=1S/C19H25N5O2/c25-18-10-17(20-12-21-18)13-4-3-9-24(11-13)19(26)8-7-16-14-5-1-2-6-15(14)22-23-16/h10,12-13H,1-9,11H2,(H,22,23)(H,20,21,25). The molecule has 1 fully saturated rings. The first kappa shape index (κ1) is 17.0. The number of carbonyl (C=O) groups excluding carboxylic acids is 1.